The number of pyridine rings is 1. The number of carbonyl (C=O) groups is 1. The number of hydrogen-bond donors (Lipinski definition) is 1. The Labute approximate surface area is 177 Å². The number of aryl methyl sites for hydroxylation is 1. The minimum absolute atomic E-state index is 0.0170. The molecule has 1 aromatic carbocycles. The van der Waals surface area contributed by atoms with Gasteiger partial charge in [0.15, 0.2) is 0 Å². The van der Waals surface area contributed by atoms with Crippen molar-refractivity contribution in [2.75, 3.05) is 26.7 Å². The Balaban J connectivity index is 1.28. The fourth-order valence-electron chi connectivity index (χ4n) is 5.20. The molecule has 1 unspecified atom stereocenters. The van der Waals surface area contributed by atoms with Crippen LogP contribution in [0.1, 0.15) is 42.9 Å². The lowest BCUT2D eigenvalue weighted by Gasteiger charge is -2.44. The van der Waals surface area contributed by atoms with E-state index in [1.165, 1.54) is 11.1 Å². The number of aromatic nitrogens is 1. The van der Waals surface area contributed by atoms with Gasteiger partial charge in [0.2, 0.25) is 5.88 Å². The number of piperidine rings is 3. The maximum Gasteiger partial charge on any atom is 0.407 e. The summed E-state index contributed by atoms with van der Waals surface area (Å²) in [6.45, 7) is 3.18. The summed E-state index contributed by atoms with van der Waals surface area (Å²) in [5.74, 6) is 1.14. The third kappa shape index (κ3) is 3.88. The fourth-order valence-corrected chi connectivity index (χ4v) is 5.20. The van der Waals surface area contributed by atoms with Gasteiger partial charge in [0, 0.05) is 18.8 Å². The van der Waals surface area contributed by atoms with E-state index in [0.717, 1.165) is 62.9 Å². The molecule has 0 spiro atoms. The van der Waals surface area contributed by atoms with Gasteiger partial charge in [0.1, 0.15) is 6.10 Å². The number of fused-ring (bicyclic) bond motifs is 4. The van der Waals surface area contributed by atoms with E-state index in [0.29, 0.717) is 11.8 Å². The number of benzene rings is 1. The third-order valence-electron chi connectivity index (χ3n) is 6.88. The first-order chi connectivity index (χ1) is 14.7. The minimum atomic E-state index is -0.269. The molecule has 4 aliphatic rings. The van der Waals surface area contributed by atoms with Crippen LogP contribution in [-0.2, 0) is 11.2 Å². The molecule has 158 valence electrons. The van der Waals surface area contributed by atoms with Crippen molar-refractivity contribution in [3.63, 3.8) is 0 Å². The van der Waals surface area contributed by atoms with Crippen molar-refractivity contribution in [3.8, 4) is 17.0 Å². The van der Waals surface area contributed by atoms with E-state index in [2.05, 4.69) is 33.4 Å². The highest BCUT2D eigenvalue weighted by atomic mass is 16.6. The molecule has 6 heteroatoms. The van der Waals surface area contributed by atoms with Crippen LogP contribution in [0.5, 0.6) is 5.88 Å². The van der Waals surface area contributed by atoms with Gasteiger partial charge < -0.3 is 14.8 Å². The predicted molar refractivity (Wildman–Crippen MR) is 114 cm³/mol. The van der Waals surface area contributed by atoms with Crippen LogP contribution in [0.15, 0.2) is 36.5 Å². The lowest BCUT2D eigenvalue weighted by Crippen LogP contribution is -2.52. The van der Waals surface area contributed by atoms with Crippen molar-refractivity contribution < 1.29 is 14.3 Å². The Bertz CT molecular complexity index is 924. The van der Waals surface area contributed by atoms with E-state index in [9.17, 15) is 4.79 Å². The molecule has 4 heterocycles. The van der Waals surface area contributed by atoms with Gasteiger partial charge in [-0.05, 0) is 79.4 Å². The quantitative estimate of drug-likeness (QED) is 0.831. The average molecular weight is 408 g/mol. The molecule has 1 amide bonds. The molecule has 3 aliphatic heterocycles. The molecule has 0 radical (unpaired) electrons. The van der Waals surface area contributed by atoms with Gasteiger partial charge in [-0.3, -0.25) is 4.90 Å². The monoisotopic (exact) mass is 407 g/mol. The zero-order chi connectivity index (χ0) is 20.5. The van der Waals surface area contributed by atoms with Gasteiger partial charge in [0.05, 0.1) is 13.2 Å². The van der Waals surface area contributed by atoms with Crippen LogP contribution in [0.4, 0.5) is 4.79 Å². The van der Waals surface area contributed by atoms with Crippen LogP contribution in [0, 0.1) is 5.92 Å². The number of methoxy groups -OCH3 is 1. The lowest BCUT2D eigenvalue weighted by atomic mass is 9.85. The molecule has 1 aromatic heterocycles. The summed E-state index contributed by atoms with van der Waals surface area (Å²) in [5.41, 5.74) is 4.73. The van der Waals surface area contributed by atoms with Gasteiger partial charge >= 0.3 is 6.09 Å². The number of nitrogens with zero attached hydrogens (tertiary/aromatic N) is 2. The Kier molecular flexibility index (Phi) is 5.34. The Morgan fingerprint density at radius 2 is 1.97 bits per heavy atom. The molecule has 30 heavy (non-hydrogen) atoms. The van der Waals surface area contributed by atoms with Crippen LogP contribution in [0.2, 0.25) is 0 Å². The molecule has 3 fully saturated rings. The number of nitrogens with one attached hydrogen (secondary N) is 1. The van der Waals surface area contributed by atoms with Crippen LogP contribution >= 0.6 is 0 Å². The zero-order valence-corrected chi connectivity index (χ0v) is 17.5. The summed E-state index contributed by atoms with van der Waals surface area (Å²) in [4.78, 5) is 19.2. The van der Waals surface area contributed by atoms with E-state index < -0.39 is 0 Å². The van der Waals surface area contributed by atoms with Gasteiger partial charge in [-0.1, -0.05) is 18.2 Å². The number of carbonyl (C=O) groups excluding carboxylic acids is 1. The molecule has 1 N–H and O–H groups in total. The van der Waals surface area contributed by atoms with Crippen LogP contribution in [-0.4, -0.2) is 48.8 Å². The molecule has 2 atom stereocenters. The second-order valence-corrected chi connectivity index (χ2v) is 8.67. The van der Waals surface area contributed by atoms with Crippen molar-refractivity contribution >= 4 is 6.09 Å². The summed E-state index contributed by atoms with van der Waals surface area (Å²) < 4.78 is 11.1. The molecule has 6 rings (SSSR count). The summed E-state index contributed by atoms with van der Waals surface area (Å²) >= 11 is 0. The van der Waals surface area contributed by atoms with E-state index in [1.54, 1.807) is 13.3 Å². The Morgan fingerprint density at radius 3 is 2.73 bits per heavy atom. The number of ether oxygens (including phenoxy) is 2. The maximum absolute atomic E-state index is 12.7. The largest absolute Gasteiger partial charge is 0.481 e. The average Bonchev–Trinajstić information content (AvgIpc) is 2.80. The van der Waals surface area contributed by atoms with E-state index in [4.69, 9.17) is 9.47 Å². The van der Waals surface area contributed by atoms with Gasteiger partial charge in [-0.25, -0.2) is 9.78 Å². The lowest BCUT2D eigenvalue weighted by molar-refractivity contribution is -0.0340. The standard InChI is InChI=1S/C24H29N3O3/c1-29-23-14-18(7-10-25-23)17-5-6-20-19(13-17)3-2-4-21(20)26-24(28)30-22-15-27-11-8-16(22)9-12-27/h5-7,10,13-14,16,21-22H,2-4,8-9,11-12,15H2,1H3,(H,26,28)/t21?,22-/m1/s1. The molecular formula is C24H29N3O3. The topological polar surface area (TPSA) is 63.7 Å². The molecule has 1 aliphatic carbocycles. The first-order valence-corrected chi connectivity index (χ1v) is 11.0. The molecule has 3 saturated heterocycles. The smallest absolute Gasteiger partial charge is 0.407 e. The maximum atomic E-state index is 12.7. The molecule has 2 aromatic rings. The highest BCUT2D eigenvalue weighted by Crippen LogP contribution is 2.34. The Hall–Kier alpha value is -2.60. The van der Waals surface area contributed by atoms with Crippen molar-refractivity contribution in [2.24, 2.45) is 5.92 Å². The first-order valence-electron chi connectivity index (χ1n) is 11.0. The van der Waals surface area contributed by atoms with Crippen LogP contribution in [0.25, 0.3) is 11.1 Å². The van der Waals surface area contributed by atoms with Crippen LogP contribution in [0.3, 0.4) is 0 Å². The molecule has 2 bridgehead atoms. The SMILES string of the molecule is COc1cc(-c2ccc3c(c2)CCCC3NC(=O)O[C@@H]2CN3CCC2CC3)ccn1. The van der Waals surface area contributed by atoms with Gasteiger partial charge in [-0.2, -0.15) is 0 Å². The first kappa shape index (κ1) is 19.4. The van der Waals surface area contributed by atoms with Crippen molar-refractivity contribution in [2.45, 2.75) is 44.2 Å². The Morgan fingerprint density at radius 1 is 1.13 bits per heavy atom. The molecular weight excluding hydrogens is 378 g/mol. The molecule has 6 nitrogen and oxygen atoms in total. The highest BCUT2D eigenvalue weighted by Gasteiger charge is 2.37. The second-order valence-electron chi connectivity index (χ2n) is 8.67. The summed E-state index contributed by atoms with van der Waals surface area (Å²) in [7, 11) is 1.63. The van der Waals surface area contributed by atoms with Gasteiger partial charge in [-0.15, -0.1) is 0 Å². The zero-order valence-electron chi connectivity index (χ0n) is 17.5. The number of alkyl carbamates (subject to hydrolysis) is 1. The molecule has 0 saturated carbocycles. The number of amides is 1. The minimum Gasteiger partial charge on any atom is -0.481 e. The normalized spacial score (nSPS) is 27.2. The van der Waals surface area contributed by atoms with Crippen molar-refractivity contribution in [1.29, 1.82) is 0 Å². The second kappa shape index (κ2) is 8.26. The highest BCUT2D eigenvalue weighted by molar-refractivity contribution is 5.69. The van der Waals surface area contributed by atoms with Crippen LogP contribution < -0.4 is 10.1 Å². The summed E-state index contributed by atoms with van der Waals surface area (Å²) in [6.07, 6.45) is 6.86. The van der Waals surface area contributed by atoms with E-state index >= 15 is 0 Å². The fraction of sp³-hybridized carbons (Fsp3) is 0.500. The van der Waals surface area contributed by atoms with Crippen molar-refractivity contribution in [3.05, 3.63) is 47.7 Å². The summed E-state index contributed by atoms with van der Waals surface area (Å²) in [5, 5.41) is 3.15. The van der Waals surface area contributed by atoms with E-state index in [1.807, 2.05) is 12.1 Å². The van der Waals surface area contributed by atoms with Gasteiger partial charge in [0.25, 0.3) is 0 Å². The van der Waals surface area contributed by atoms with E-state index in [-0.39, 0.29) is 18.2 Å². The predicted octanol–water partition coefficient (Wildman–Crippen LogP) is 3.96. The van der Waals surface area contributed by atoms with Crippen molar-refractivity contribution in [1.82, 2.24) is 15.2 Å². The number of hydrogen-bond acceptors (Lipinski definition) is 5. The third-order valence-corrected chi connectivity index (χ3v) is 6.88. The summed E-state index contributed by atoms with van der Waals surface area (Å²) in [6, 6.07) is 10.5. The number of rotatable bonds is 4.